The van der Waals surface area contributed by atoms with Crippen LogP contribution in [0.1, 0.15) is 72.3 Å². The maximum absolute atomic E-state index is 9.23. The van der Waals surface area contributed by atoms with Gasteiger partial charge in [0.25, 0.3) is 0 Å². The van der Waals surface area contributed by atoms with Crippen LogP contribution in [-0.4, -0.2) is 0 Å². The van der Waals surface area contributed by atoms with Gasteiger partial charge in [-0.05, 0) is 91.6 Å². The molecule has 52 heavy (non-hydrogen) atoms. The molecule has 0 saturated heterocycles. The van der Waals surface area contributed by atoms with Crippen LogP contribution in [0.2, 0.25) is 0 Å². The predicted octanol–water partition coefficient (Wildman–Crippen LogP) is 9.52. The summed E-state index contributed by atoms with van der Waals surface area (Å²) in [5, 5.41) is 36.3. The third-order valence-electron chi connectivity index (χ3n) is 7.86. The molecule has 0 aliphatic rings. The second-order valence-electron chi connectivity index (χ2n) is 12.0. The minimum atomic E-state index is 0.238. The monoisotopic (exact) mass is 732 g/mol. The first kappa shape index (κ1) is 38.0. The van der Waals surface area contributed by atoms with Crippen molar-refractivity contribution in [3.8, 4) is 59.8 Å². The highest BCUT2D eigenvalue weighted by atomic mass is 79.9. The minimum absolute atomic E-state index is 0.238. The van der Waals surface area contributed by atoms with Crippen LogP contribution in [0.4, 0.5) is 0 Å². The molecule has 0 heterocycles. The zero-order valence-electron chi connectivity index (χ0n) is 29.2. The Kier molecular flexibility index (Phi) is 14.2. The van der Waals surface area contributed by atoms with Crippen LogP contribution in [0, 0.1) is 102 Å². The maximum atomic E-state index is 9.23. The summed E-state index contributed by atoms with van der Waals surface area (Å²) < 4.78 is 0.851. The van der Waals surface area contributed by atoms with Gasteiger partial charge in [-0.15, -0.1) is 0 Å². The number of rotatable bonds is 4. The zero-order chi connectivity index (χ0) is 37.3. The summed E-state index contributed by atoms with van der Waals surface area (Å²) in [4.78, 5) is 0. The molecule has 5 aromatic rings. The SMILES string of the molecule is Cc1ccc(C#Cc2cc(Br)c(CC#N)cc2CC#N)cc1.Cc1ccc(C#Cc2cc(C#Cc3ccc(C)cc3)c(CC#N)cc2CC#N)cc1. The molecule has 0 unspecified atom stereocenters. The summed E-state index contributed by atoms with van der Waals surface area (Å²) >= 11 is 3.47. The van der Waals surface area contributed by atoms with Crippen molar-refractivity contribution in [2.45, 2.75) is 46.5 Å². The van der Waals surface area contributed by atoms with Crippen molar-refractivity contribution in [3.05, 3.63) is 174 Å². The lowest BCUT2D eigenvalue weighted by Crippen LogP contribution is -1.97. The fraction of sp³-hybridized carbons (Fsp3) is 0.149. The predicted molar refractivity (Wildman–Crippen MR) is 209 cm³/mol. The molecule has 0 N–H and O–H groups in total. The number of hydrogen-bond donors (Lipinski definition) is 0. The third-order valence-corrected chi connectivity index (χ3v) is 8.60. The van der Waals surface area contributed by atoms with Crippen LogP contribution in [0.5, 0.6) is 0 Å². The van der Waals surface area contributed by atoms with Gasteiger partial charge >= 0.3 is 0 Å². The van der Waals surface area contributed by atoms with Crippen molar-refractivity contribution in [2.24, 2.45) is 0 Å². The lowest BCUT2D eigenvalue weighted by atomic mass is 9.95. The number of nitrogens with zero attached hydrogens (tertiary/aromatic N) is 4. The molecular formula is C47H33BrN4. The normalized spacial score (nSPS) is 9.31. The number of nitriles is 4. The number of aryl methyl sites for hydroxylation is 3. The first-order valence-corrected chi connectivity index (χ1v) is 17.2. The topological polar surface area (TPSA) is 95.2 Å². The van der Waals surface area contributed by atoms with Crippen molar-refractivity contribution in [2.75, 3.05) is 0 Å². The molecule has 4 nitrogen and oxygen atoms in total. The Morgan fingerprint density at radius 2 is 0.673 bits per heavy atom. The van der Waals surface area contributed by atoms with Gasteiger partial charge < -0.3 is 0 Å². The van der Waals surface area contributed by atoms with E-state index in [1.165, 1.54) is 16.7 Å². The van der Waals surface area contributed by atoms with Gasteiger partial charge in [-0.25, -0.2) is 0 Å². The fourth-order valence-electron chi connectivity index (χ4n) is 4.96. The Labute approximate surface area is 315 Å². The van der Waals surface area contributed by atoms with E-state index in [1.54, 1.807) is 0 Å². The van der Waals surface area contributed by atoms with Crippen LogP contribution in [-0.2, 0) is 25.7 Å². The molecule has 0 radical (unpaired) electrons. The molecule has 248 valence electrons. The van der Waals surface area contributed by atoms with E-state index in [1.807, 2.05) is 118 Å². The Hall–Kier alpha value is -6.78. The van der Waals surface area contributed by atoms with E-state index in [0.717, 1.165) is 60.1 Å². The van der Waals surface area contributed by atoms with Crippen molar-refractivity contribution < 1.29 is 0 Å². The number of hydrogen-bond acceptors (Lipinski definition) is 4. The van der Waals surface area contributed by atoms with Gasteiger partial charge in [0.05, 0.1) is 50.0 Å². The van der Waals surface area contributed by atoms with Gasteiger partial charge in [-0.2, -0.15) is 21.0 Å². The summed E-state index contributed by atoms with van der Waals surface area (Å²) in [5.41, 5.74) is 12.1. The summed E-state index contributed by atoms with van der Waals surface area (Å²) in [7, 11) is 0. The van der Waals surface area contributed by atoms with Gasteiger partial charge in [0.2, 0.25) is 0 Å². The molecule has 0 aliphatic heterocycles. The van der Waals surface area contributed by atoms with Gasteiger partial charge in [-0.3, -0.25) is 0 Å². The van der Waals surface area contributed by atoms with E-state index in [4.69, 9.17) is 10.5 Å². The molecule has 5 rings (SSSR count). The van der Waals surface area contributed by atoms with Crippen molar-refractivity contribution in [1.29, 1.82) is 21.0 Å². The molecule has 0 fully saturated rings. The fourth-order valence-corrected chi connectivity index (χ4v) is 5.44. The van der Waals surface area contributed by atoms with Crippen LogP contribution in [0.15, 0.2) is 102 Å². The summed E-state index contributed by atoms with van der Waals surface area (Å²) in [6.45, 7) is 6.11. The van der Waals surface area contributed by atoms with Crippen LogP contribution in [0.25, 0.3) is 0 Å². The summed E-state index contributed by atoms with van der Waals surface area (Å²) in [5.74, 6) is 19.0. The number of halogens is 1. The highest BCUT2D eigenvalue weighted by Crippen LogP contribution is 2.23. The smallest absolute Gasteiger partial charge is 0.0670 e. The second-order valence-corrected chi connectivity index (χ2v) is 12.8. The molecule has 0 amide bonds. The van der Waals surface area contributed by atoms with Crippen LogP contribution in [0.3, 0.4) is 0 Å². The zero-order valence-corrected chi connectivity index (χ0v) is 30.8. The molecule has 5 heteroatoms. The second kappa shape index (κ2) is 19.4. The Bertz CT molecular complexity index is 2330. The van der Waals surface area contributed by atoms with Crippen molar-refractivity contribution in [3.63, 3.8) is 0 Å². The molecule has 0 aromatic heterocycles. The lowest BCUT2D eigenvalue weighted by Gasteiger charge is -2.07. The molecule has 0 aliphatic carbocycles. The lowest BCUT2D eigenvalue weighted by molar-refractivity contribution is 1.18. The average molecular weight is 734 g/mol. The maximum Gasteiger partial charge on any atom is 0.0670 e. The molecule has 0 spiro atoms. The molecule has 0 atom stereocenters. The van der Waals surface area contributed by atoms with Crippen LogP contribution >= 0.6 is 15.9 Å². The average Bonchev–Trinajstić information content (AvgIpc) is 3.14. The van der Waals surface area contributed by atoms with E-state index in [-0.39, 0.29) is 19.3 Å². The first-order valence-electron chi connectivity index (χ1n) is 16.4. The van der Waals surface area contributed by atoms with E-state index in [0.29, 0.717) is 6.42 Å². The van der Waals surface area contributed by atoms with E-state index >= 15 is 0 Å². The standard InChI is InChI=1S/C28H20N2.C19H13BrN2/c1-21-3-7-23(8-4-21)11-13-25-19-26(14-12-24-9-5-22(2)6-10-24)28(16-18-30)20-27(25)15-17-29;1-14-2-4-15(5-3-14)6-7-16-13-19(20)18(9-11-22)12-17(16)8-10-21/h3-10,19-20H,15-16H2,1-2H3;2-5,12-13H,8-9H2,1H3. The van der Waals surface area contributed by atoms with Gasteiger partial charge in [0.15, 0.2) is 0 Å². The van der Waals surface area contributed by atoms with Crippen molar-refractivity contribution in [1.82, 2.24) is 0 Å². The Morgan fingerprint density at radius 3 is 1.00 bits per heavy atom. The van der Waals surface area contributed by atoms with Crippen LogP contribution < -0.4 is 0 Å². The Morgan fingerprint density at radius 1 is 0.385 bits per heavy atom. The highest BCUT2D eigenvalue weighted by molar-refractivity contribution is 9.10. The van der Waals surface area contributed by atoms with Gasteiger partial charge in [0, 0.05) is 37.9 Å². The molecular weight excluding hydrogens is 700 g/mol. The Balaban J connectivity index is 0.000000244. The molecule has 5 aromatic carbocycles. The summed E-state index contributed by atoms with van der Waals surface area (Å²) in [6, 6.07) is 40.3. The van der Waals surface area contributed by atoms with Crippen molar-refractivity contribution >= 4 is 15.9 Å². The van der Waals surface area contributed by atoms with E-state index < -0.39 is 0 Å². The highest BCUT2D eigenvalue weighted by Gasteiger charge is 2.09. The number of benzene rings is 5. The first-order chi connectivity index (χ1) is 25.2. The molecule has 0 bridgehead atoms. The third kappa shape index (κ3) is 11.4. The van der Waals surface area contributed by atoms with E-state index in [9.17, 15) is 10.5 Å². The largest absolute Gasteiger partial charge is 0.198 e. The molecule has 0 saturated carbocycles. The van der Waals surface area contributed by atoms with E-state index in [2.05, 4.69) is 75.7 Å². The minimum Gasteiger partial charge on any atom is -0.198 e. The van der Waals surface area contributed by atoms with Gasteiger partial charge in [0.1, 0.15) is 0 Å². The quantitative estimate of drug-likeness (QED) is 0.172. The van der Waals surface area contributed by atoms with Gasteiger partial charge in [-0.1, -0.05) is 117 Å². The summed E-state index contributed by atoms with van der Waals surface area (Å²) in [6.07, 6.45) is 1.07.